The fourth-order valence-electron chi connectivity index (χ4n) is 8.50. The molecule has 0 aromatic heterocycles. The van der Waals surface area contributed by atoms with E-state index in [1.54, 1.807) is 0 Å². The molecule has 0 saturated carbocycles. The number of hydrogen-bond acceptors (Lipinski definition) is 3. The number of fused-ring (bicyclic) bond motifs is 6. The molecule has 330 valence electrons. The van der Waals surface area contributed by atoms with E-state index in [4.69, 9.17) is 17.2 Å². The molecule has 0 aliphatic carbocycles. The SMILES string of the molecule is Nc1ccc(/C=C/c2ccc(/C=C/c3ccc4c(c3)c3ccc(/C=C/c5ccc(/C=C/c6ccc(N)cc6)cc5)cc3c3ccc(/C=C/c5ccc(/C=C/c6ccc(N)cc6)cc5)cc43)cc2)cc1. The van der Waals surface area contributed by atoms with Crippen molar-refractivity contribution in [2.75, 3.05) is 17.2 Å². The summed E-state index contributed by atoms with van der Waals surface area (Å²) in [6.45, 7) is 0. The van der Waals surface area contributed by atoms with Crippen LogP contribution in [0, 0.1) is 0 Å². The monoisotopic (exact) mass is 885 g/mol. The summed E-state index contributed by atoms with van der Waals surface area (Å²) < 4.78 is 0. The van der Waals surface area contributed by atoms with E-state index in [0.29, 0.717) is 0 Å². The number of hydrogen-bond donors (Lipinski definition) is 3. The van der Waals surface area contributed by atoms with Gasteiger partial charge in [0.25, 0.3) is 0 Å². The highest BCUT2D eigenvalue weighted by atomic mass is 14.5. The molecule has 0 unspecified atom stereocenters. The summed E-state index contributed by atoms with van der Waals surface area (Å²) >= 11 is 0. The Hall–Kier alpha value is -9.18. The molecular formula is C66H51N3. The average molecular weight is 886 g/mol. The molecule has 69 heavy (non-hydrogen) atoms. The third-order valence-electron chi connectivity index (χ3n) is 12.4. The molecule has 0 bridgehead atoms. The Balaban J connectivity index is 0.941. The Labute approximate surface area is 404 Å². The van der Waals surface area contributed by atoms with Crippen molar-refractivity contribution in [2.24, 2.45) is 0 Å². The molecule has 0 aliphatic rings. The highest BCUT2D eigenvalue weighted by Crippen LogP contribution is 2.37. The van der Waals surface area contributed by atoms with Gasteiger partial charge in [0.1, 0.15) is 0 Å². The predicted octanol–water partition coefficient (Wildman–Crippen LogP) is 16.9. The maximum absolute atomic E-state index is 5.86. The zero-order valence-corrected chi connectivity index (χ0v) is 38.2. The lowest BCUT2D eigenvalue weighted by Crippen LogP contribution is -1.87. The van der Waals surface area contributed by atoms with Crippen LogP contribution in [0.5, 0.6) is 0 Å². The summed E-state index contributed by atoms with van der Waals surface area (Å²) in [4.78, 5) is 0. The van der Waals surface area contributed by atoms with E-state index >= 15 is 0 Å². The topological polar surface area (TPSA) is 78.1 Å². The Bertz CT molecular complexity index is 3190. The largest absolute Gasteiger partial charge is 0.399 e. The van der Waals surface area contributed by atoms with Gasteiger partial charge < -0.3 is 17.2 Å². The Morgan fingerprint density at radius 1 is 0.159 bits per heavy atom. The van der Waals surface area contributed by atoms with Crippen LogP contribution in [0.15, 0.2) is 200 Å². The van der Waals surface area contributed by atoms with E-state index in [-0.39, 0.29) is 0 Å². The average Bonchev–Trinajstić information content (AvgIpc) is 3.39. The first-order chi connectivity index (χ1) is 33.8. The van der Waals surface area contributed by atoms with Gasteiger partial charge in [-0.3, -0.25) is 0 Å². The number of nitrogen functional groups attached to an aromatic ring is 3. The molecule has 10 aromatic carbocycles. The van der Waals surface area contributed by atoms with Crippen LogP contribution in [0.4, 0.5) is 17.1 Å². The van der Waals surface area contributed by atoms with Crippen LogP contribution in [-0.4, -0.2) is 0 Å². The van der Waals surface area contributed by atoms with Crippen LogP contribution in [-0.2, 0) is 0 Å². The standard InChI is InChI=1S/C66H51N3/c67-58-34-25-52(26-35-58)16-13-46-1-7-49(8-2-46)19-22-55-31-40-61-64(43-55)62-41-32-56(23-20-50-9-3-47(4-10-50)14-17-53-27-36-59(68)37-28-53)45-66(62)63-42-33-57(44-65(61)63)24-21-51-11-5-48(6-12-51)15-18-54-29-38-60(69)39-30-54/h1-45H,67-69H2/b16-13+,17-14+,18-15+,22-19+,23-20+,24-21+. The van der Waals surface area contributed by atoms with Crippen molar-refractivity contribution in [3.63, 3.8) is 0 Å². The molecule has 0 saturated heterocycles. The molecule has 6 N–H and O–H groups in total. The second-order valence-electron chi connectivity index (χ2n) is 17.4. The Morgan fingerprint density at radius 2 is 0.304 bits per heavy atom. The minimum Gasteiger partial charge on any atom is -0.399 e. The van der Waals surface area contributed by atoms with E-state index in [1.807, 2.05) is 72.8 Å². The van der Waals surface area contributed by atoms with Crippen molar-refractivity contribution in [1.82, 2.24) is 0 Å². The molecule has 3 heteroatoms. The first kappa shape index (κ1) is 43.7. The molecule has 0 atom stereocenters. The zero-order chi connectivity index (χ0) is 46.9. The lowest BCUT2D eigenvalue weighted by molar-refractivity contribution is 1.61. The van der Waals surface area contributed by atoms with Gasteiger partial charge in [0.15, 0.2) is 0 Å². The first-order valence-corrected chi connectivity index (χ1v) is 23.2. The van der Waals surface area contributed by atoms with Crippen LogP contribution in [0.3, 0.4) is 0 Å². The van der Waals surface area contributed by atoms with Crippen molar-refractivity contribution in [1.29, 1.82) is 0 Å². The van der Waals surface area contributed by atoms with Gasteiger partial charge >= 0.3 is 0 Å². The number of nitrogens with two attached hydrogens (primary N) is 3. The van der Waals surface area contributed by atoms with Crippen LogP contribution in [0.2, 0.25) is 0 Å². The van der Waals surface area contributed by atoms with Gasteiger partial charge in [0.05, 0.1) is 0 Å². The molecule has 0 heterocycles. The van der Waals surface area contributed by atoms with Crippen molar-refractivity contribution < 1.29 is 0 Å². The van der Waals surface area contributed by atoms with Crippen LogP contribution in [0.1, 0.15) is 66.8 Å². The molecule has 0 aliphatic heterocycles. The second kappa shape index (κ2) is 20.1. The minimum atomic E-state index is 0.768. The smallest absolute Gasteiger partial charge is 0.0314 e. The Morgan fingerprint density at radius 3 is 0.493 bits per heavy atom. The summed E-state index contributed by atoms with van der Waals surface area (Å²) in [5.41, 5.74) is 33.6. The van der Waals surface area contributed by atoms with Crippen molar-refractivity contribution in [3.05, 3.63) is 267 Å². The molecule has 0 amide bonds. The fraction of sp³-hybridized carbons (Fsp3) is 0. The fourth-order valence-corrected chi connectivity index (χ4v) is 8.50. The van der Waals surface area contributed by atoms with Gasteiger partial charge in [0, 0.05) is 17.1 Å². The quantitative estimate of drug-likeness (QED) is 0.0650. The highest BCUT2D eigenvalue weighted by Gasteiger charge is 2.11. The summed E-state index contributed by atoms with van der Waals surface area (Å²) in [7, 11) is 0. The second-order valence-corrected chi connectivity index (χ2v) is 17.4. The van der Waals surface area contributed by atoms with Crippen molar-refractivity contribution >= 4 is 122 Å². The van der Waals surface area contributed by atoms with E-state index in [2.05, 4.69) is 200 Å². The minimum absolute atomic E-state index is 0.768. The van der Waals surface area contributed by atoms with Gasteiger partial charge in [-0.1, -0.05) is 219 Å². The third-order valence-corrected chi connectivity index (χ3v) is 12.4. The molecular weight excluding hydrogens is 835 g/mol. The molecule has 0 fully saturated rings. The lowest BCUT2D eigenvalue weighted by Gasteiger charge is -2.13. The summed E-state index contributed by atoms with van der Waals surface area (Å²) in [5.74, 6) is 0. The summed E-state index contributed by atoms with van der Waals surface area (Å²) in [6, 6.07) is 70.2. The van der Waals surface area contributed by atoms with E-state index in [9.17, 15) is 0 Å². The van der Waals surface area contributed by atoms with Crippen LogP contribution < -0.4 is 17.2 Å². The van der Waals surface area contributed by atoms with Crippen LogP contribution in [0.25, 0.3) is 105 Å². The zero-order valence-electron chi connectivity index (χ0n) is 38.2. The highest BCUT2D eigenvalue weighted by molar-refractivity contribution is 6.26. The van der Waals surface area contributed by atoms with E-state index in [1.165, 1.54) is 32.3 Å². The normalized spacial score (nSPS) is 12.2. The van der Waals surface area contributed by atoms with Crippen LogP contribution >= 0.6 is 0 Å². The van der Waals surface area contributed by atoms with E-state index < -0.39 is 0 Å². The lowest BCUT2D eigenvalue weighted by atomic mass is 9.91. The Kier molecular flexibility index (Phi) is 12.8. The third kappa shape index (κ3) is 10.9. The molecule has 0 spiro atoms. The summed E-state index contributed by atoms with van der Waals surface area (Å²) in [5, 5.41) is 7.37. The summed E-state index contributed by atoms with van der Waals surface area (Å²) in [6.07, 6.45) is 25.9. The number of benzene rings is 10. The number of anilines is 3. The van der Waals surface area contributed by atoms with Gasteiger partial charge in [0.2, 0.25) is 0 Å². The van der Waals surface area contributed by atoms with Gasteiger partial charge in [-0.05, 0) is 154 Å². The van der Waals surface area contributed by atoms with Gasteiger partial charge in [-0.2, -0.15) is 0 Å². The maximum atomic E-state index is 5.86. The molecule has 3 nitrogen and oxygen atoms in total. The molecule has 10 aromatic rings. The first-order valence-electron chi connectivity index (χ1n) is 23.2. The van der Waals surface area contributed by atoms with E-state index in [0.717, 1.165) is 83.8 Å². The van der Waals surface area contributed by atoms with Gasteiger partial charge in [-0.15, -0.1) is 0 Å². The molecule has 10 rings (SSSR count). The number of rotatable bonds is 12. The van der Waals surface area contributed by atoms with Gasteiger partial charge in [-0.25, -0.2) is 0 Å². The molecule has 0 radical (unpaired) electrons. The predicted molar refractivity (Wildman–Crippen MR) is 304 cm³/mol. The van der Waals surface area contributed by atoms with Crippen molar-refractivity contribution in [3.8, 4) is 0 Å². The maximum Gasteiger partial charge on any atom is 0.0314 e. The van der Waals surface area contributed by atoms with Crippen molar-refractivity contribution in [2.45, 2.75) is 0 Å².